The molecule has 116 valence electrons. The van der Waals surface area contributed by atoms with Crippen molar-refractivity contribution in [1.29, 1.82) is 0 Å². The Morgan fingerprint density at radius 2 is 2.00 bits per heavy atom. The van der Waals surface area contributed by atoms with Crippen molar-refractivity contribution in [2.24, 2.45) is 12.5 Å². The summed E-state index contributed by atoms with van der Waals surface area (Å²) in [6.07, 6.45) is 3.33. The maximum atomic E-state index is 12.3. The molecule has 0 saturated carbocycles. The zero-order chi connectivity index (χ0) is 16.5. The van der Waals surface area contributed by atoms with Gasteiger partial charge in [0.05, 0.1) is 4.53 Å². The van der Waals surface area contributed by atoms with Crippen LogP contribution in [0.25, 0.3) is 12.2 Å². The van der Waals surface area contributed by atoms with Gasteiger partial charge in [0, 0.05) is 23.6 Å². The number of Topliss-reactive ketones (excluding diaryl/α,β-unsaturated/α-hetero) is 1. The molecule has 0 aliphatic heterocycles. The van der Waals surface area contributed by atoms with Crippen molar-refractivity contribution >= 4 is 40.9 Å². The number of ketones is 1. The second-order valence-corrected chi connectivity index (χ2v) is 7.63. The lowest BCUT2D eigenvalue weighted by Gasteiger charge is -2.12. The van der Waals surface area contributed by atoms with E-state index in [-0.39, 0.29) is 11.3 Å². The van der Waals surface area contributed by atoms with Gasteiger partial charge in [-0.1, -0.05) is 44.5 Å². The lowest BCUT2D eigenvalue weighted by atomic mass is 9.91. The number of benzene rings is 1. The van der Waals surface area contributed by atoms with Gasteiger partial charge in [0.1, 0.15) is 4.66 Å². The summed E-state index contributed by atoms with van der Waals surface area (Å²) >= 11 is 7.26. The molecule has 0 fully saturated rings. The van der Waals surface area contributed by atoms with Crippen molar-refractivity contribution in [2.75, 3.05) is 0 Å². The van der Waals surface area contributed by atoms with Crippen molar-refractivity contribution in [2.45, 2.75) is 20.8 Å². The molecule has 0 aliphatic rings. The van der Waals surface area contributed by atoms with Crippen LogP contribution >= 0.6 is 22.9 Å². The molecule has 0 N–H and O–H groups in total. The molecule has 0 atom stereocenters. The Balaban J connectivity index is 2.59. The van der Waals surface area contributed by atoms with Gasteiger partial charge >= 0.3 is 0 Å². The average Bonchev–Trinajstić information content (AvgIpc) is 2.66. The second kappa shape index (κ2) is 6.23. The van der Waals surface area contributed by atoms with E-state index in [1.54, 1.807) is 31.3 Å². The van der Waals surface area contributed by atoms with E-state index in [1.807, 2.05) is 32.9 Å². The molecule has 5 heteroatoms. The molecule has 0 unspecified atom stereocenters. The normalized spacial score (nSPS) is 13.7. The first-order valence-electron chi connectivity index (χ1n) is 6.88. The third-order valence-corrected chi connectivity index (χ3v) is 4.55. The van der Waals surface area contributed by atoms with Crippen LogP contribution in [0.2, 0.25) is 5.02 Å². The number of carbonyl (C=O) groups is 1. The van der Waals surface area contributed by atoms with Crippen molar-refractivity contribution in [1.82, 2.24) is 4.57 Å². The Labute approximate surface area is 138 Å². The van der Waals surface area contributed by atoms with Crippen molar-refractivity contribution in [3.05, 3.63) is 54.4 Å². The zero-order valence-electron chi connectivity index (χ0n) is 13.0. The van der Waals surface area contributed by atoms with Gasteiger partial charge in [0.2, 0.25) is 0 Å². The van der Waals surface area contributed by atoms with Crippen LogP contribution in [0.4, 0.5) is 0 Å². The summed E-state index contributed by atoms with van der Waals surface area (Å²) in [6, 6.07) is 7.30. The minimum atomic E-state index is -0.461. The van der Waals surface area contributed by atoms with Gasteiger partial charge in [-0.2, -0.15) is 0 Å². The highest BCUT2D eigenvalue weighted by Gasteiger charge is 2.19. The molecule has 3 nitrogen and oxygen atoms in total. The van der Waals surface area contributed by atoms with Crippen LogP contribution in [0, 0.1) is 5.41 Å². The first-order chi connectivity index (χ1) is 10.2. The van der Waals surface area contributed by atoms with E-state index < -0.39 is 5.41 Å². The second-order valence-electron chi connectivity index (χ2n) is 6.13. The van der Waals surface area contributed by atoms with Crippen LogP contribution in [-0.2, 0) is 11.8 Å². The minimum Gasteiger partial charge on any atom is -0.302 e. The number of aromatic nitrogens is 1. The summed E-state index contributed by atoms with van der Waals surface area (Å²) in [7, 11) is 1.68. The predicted octanol–water partition coefficient (Wildman–Crippen LogP) is 2.32. The standard InChI is InChI=1S/C17H18ClNO2S/c1-17(2,3)14(20)10-15-19(4)16(21)13(22-15)9-11-6-5-7-12(18)8-11/h5-10H,1-4H3/b13-9-,15-10+. The summed E-state index contributed by atoms with van der Waals surface area (Å²) in [4.78, 5) is 24.4. The van der Waals surface area contributed by atoms with Crippen molar-refractivity contribution in [3.63, 3.8) is 0 Å². The monoisotopic (exact) mass is 335 g/mol. The molecule has 1 aromatic heterocycles. The number of hydrogen-bond acceptors (Lipinski definition) is 3. The SMILES string of the molecule is Cn1c(=O)/c(=C/c2cccc(Cl)c2)s/c1=C/C(=O)C(C)(C)C. The largest absolute Gasteiger partial charge is 0.302 e. The number of carbonyl (C=O) groups excluding carboxylic acids is 1. The van der Waals surface area contributed by atoms with E-state index in [0.29, 0.717) is 14.2 Å². The minimum absolute atomic E-state index is 0.00124. The third kappa shape index (κ3) is 3.76. The maximum Gasteiger partial charge on any atom is 0.268 e. The molecule has 1 heterocycles. The number of rotatable bonds is 2. The number of hydrogen-bond donors (Lipinski definition) is 0. The smallest absolute Gasteiger partial charge is 0.268 e. The van der Waals surface area contributed by atoms with E-state index in [9.17, 15) is 9.59 Å². The van der Waals surface area contributed by atoms with Crippen molar-refractivity contribution < 1.29 is 4.79 Å². The first-order valence-corrected chi connectivity index (χ1v) is 8.07. The summed E-state index contributed by atoms with van der Waals surface area (Å²) in [6.45, 7) is 5.57. The Morgan fingerprint density at radius 3 is 2.59 bits per heavy atom. The fraction of sp³-hybridized carbons (Fsp3) is 0.294. The number of nitrogens with zero attached hydrogens (tertiary/aromatic N) is 1. The summed E-state index contributed by atoms with van der Waals surface area (Å²) < 4.78 is 2.74. The molecule has 0 spiro atoms. The highest BCUT2D eigenvalue weighted by molar-refractivity contribution is 7.07. The summed E-state index contributed by atoms with van der Waals surface area (Å²) in [5.41, 5.74) is 0.287. The fourth-order valence-corrected chi connectivity index (χ4v) is 3.01. The Bertz CT molecular complexity index is 885. The molecule has 0 amide bonds. The van der Waals surface area contributed by atoms with Gasteiger partial charge in [0.15, 0.2) is 5.78 Å². The molecule has 0 aliphatic carbocycles. The maximum absolute atomic E-state index is 12.3. The number of thiazole rings is 1. The molecule has 0 bridgehead atoms. The first kappa shape index (κ1) is 16.7. The Hall–Kier alpha value is -1.65. The third-order valence-electron chi connectivity index (χ3n) is 3.20. The van der Waals surface area contributed by atoms with Gasteiger partial charge in [-0.25, -0.2) is 0 Å². The zero-order valence-corrected chi connectivity index (χ0v) is 14.6. The molecular weight excluding hydrogens is 318 g/mol. The molecular formula is C17H18ClNO2S. The van der Waals surface area contributed by atoms with Crippen LogP contribution in [0.15, 0.2) is 29.1 Å². The molecule has 1 aromatic carbocycles. The highest BCUT2D eigenvalue weighted by atomic mass is 35.5. The van der Waals surface area contributed by atoms with E-state index in [0.717, 1.165) is 5.56 Å². The van der Waals surface area contributed by atoms with Crippen LogP contribution in [0.1, 0.15) is 26.3 Å². The topological polar surface area (TPSA) is 39.1 Å². The van der Waals surface area contributed by atoms with Crippen LogP contribution in [-0.4, -0.2) is 10.4 Å². The quantitative estimate of drug-likeness (QED) is 0.845. The van der Waals surface area contributed by atoms with Gasteiger partial charge in [0.25, 0.3) is 5.56 Å². The van der Waals surface area contributed by atoms with Gasteiger partial charge in [-0.15, -0.1) is 11.3 Å². The van der Waals surface area contributed by atoms with E-state index in [2.05, 4.69) is 0 Å². The van der Waals surface area contributed by atoms with E-state index in [1.165, 1.54) is 15.9 Å². The lowest BCUT2D eigenvalue weighted by Crippen LogP contribution is -2.30. The molecule has 22 heavy (non-hydrogen) atoms. The predicted molar refractivity (Wildman–Crippen MR) is 92.8 cm³/mol. The molecule has 0 radical (unpaired) electrons. The Kier molecular flexibility index (Phi) is 4.73. The van der Waals surface area contributed by atoms with E-state index in [4.69, 9.17) is 11.6 Å². The molecule has 2 aromatic rings. The van der Waals surface area contributed by atoms with Crippen LogP contribution < -0.4 is 14.8 Å². The molecule has 2 rings (SSSR count). The summed E-state index contributed by atoms with van der Waals surface area (Å²) in [5, 5.41) is 0.622. The van der Waals surface area contributed by atoms with Crippen LogP contribution in [0.3, 0.4) is 0 Å². The molecule has 0 saturated heterocycles. The number of halogens is 1. The highest BCUT2D eigenvalue weighted by Crippen LogP contribution is 2.14. The van der Waals surface area contributed by atoms with Crippen molar-refractivity contribution in [3.8, 4) is 0 Å². The summed E-state index contributed by atoms with van der Waals surface area (Å²) in [5.74, 6) is -0.00124. The van der Waals surface area contributed by atoms with Gasteiger partial charge in [-0.3, -0.25) is 9.59 Å². The fourth-order valence-electron chi connectivity index (χ4n) is 1.78. The van der Waals surface area contributed by atoms with Gasteiger partial charge in [-0.05, 0) is 23.8 Å². The average molecular weight is 336 g/mol. The van der Waals surface area contributed by atoms with Crippen LogP contribution in [0.5, 0.6) is 0 Å². The Morgan fingerprint density at radius 1 is 1.32 bits per heavy atom. The lowest BCUT2D eigenvalue weighted by molar-refractivity contribution is -0.120. The van der Waals surface area contributed by atoms with Gasteiger partial charge < -0.3 is 4.57 Å². The van der Waals surface area contributed by atoms with E-state index >= 15 is 0 Å².